The minimum absolute atomic E-state index is 0.0411. The molecule has 106 valence electrons. The first-order valence-electron chi connectivity index (χ1n) is 6.20. The van der Waals surface area contributed by atoms with Crippen molar-refractivity contribution in [2.45, 2.75) is 37.9 Å². The first-order valence-corrected chi connectivity index (χ1v) is 6.20. The second kappa shape index (κ2) is 6.82. The SMILES string of the molecule is CNCCC1CCCCN1C(=O)NCC(F)(F)F. The number of rotatable bonds is 4. The summed E-state index contributed by atoms with van der Waals surface area (Å²) >= 11 is 0. The third-order valence-electron chi connectivity index (χ3n) is 3.06. The molecule has 18 heavy (non-hydrogen) atoms. The van der Waals surface area contributed by atoms with Gasteiger partial charge in [-0.05, 0) is 39.3 Å². The van der Waals surface area contributed by atoms with Crippen LogP contribution in [0.15, 0.2) is 0 Å². The molecule has 4 nitrogen and oxygen atoms in total. The van der Waals surface area contributed by atoms with Gasteiger partial charge in [-0.1, -0.05) is 0 Å². The van der Waals surface area contributed by atoms with E-state index in [4.69, 9.17) is 0 Å². The van der Waals surface area contributed by atoms with Gasteiger partial charge in [-0.2, -0.15) is 13.2 Å². The Morgan fingerprint density at radius 1 is 1.39 bits per heavy atom. The summed E-state index contributed by atoms with van der Waals surface area (Å²) in [5.74, 6) is 0. The van der Waals surface area contributed by atoms with E-state index in [0.717, 1.165) is 32.2 Å². The summed E-state index contributed by atoms with van der Waals surface area (Å²) in [7, 11) is 1.82. The van der Waals surface area contributed by atoms with Crippen molar-refractivity contribution < 1.29 is 18.0 Å². The number of halogens is 3. The molecule has 1 saturated heterocycles. The maximum atomic E-state index is 12.0. The van der Waals surface area contributed by atoms with Crippen molar-refractivity contribution in [1.82, 2.24) is 15.5 Å². The largest absolute Gasteiger partial charge is 0.405 e. The van der Waals surface area contributed by atoms with Gasteiger partial charge < -0.3 is 15.5 Å². The maximum Gasteiger partial charge on any atom is 0.405 e. The number of nitrogens with zero attached hydrogens (tertiary/aromatic N) is 1. The molecule has 1 unspecified atom stereocenters. The molecule has 1 atom stereocenters. The molecule has 0 radical (unpaired) electrons. The van der Waals surface area contributed by atoms with Crippen molar-refractivity contribution in [1.29, 1.82) is 0 Å². The monoisotopic (exact) mass is 267 g/mol. The normalized spacial score (nSPS) is 20.9. The van der Waals surface area contributed by atoms with Gasteiger partial charge in [0.1, 0.15) is 6.54 Å². The highest BCUT2D eigenvalue weighted by Crippen LogP contribution is 2.20. The van der Waals surface area contributed by atoms with E-state index in [9.17, 15) is 18.0 Å². The van der Waals surface area contributed by atoms with Gasteiger partial charge in [-0.15, -0.1) is 0 Å². The van der Waals surface area contributed by atoms with Crippen LogP contribution in [0.2, 0.25) is 0 Å². The first-order chi connectivity index (χ1) is 8.44. The van der Waals surface area contributed by atoms with Crippen LogP contribution < -0.4 is 10.6 Å². The number of likely N-dealkylation sites (tertiary alicyclic amines) is 1. The van der Waals surface area contributed by atoms with Crippen molar-refractivity contribution in [2.75, 3.05) is 26.7 Å². The number of carbonyl (C=O) groups is 1. The molecule has 0 saturated carbocycles. The van der Waals surface area contributed by atoms with E-state index in [0.29, 0.717) is 6.54 Å². The summed E-state index contributed by atoms with van der Waals surface area (Å²) in [4.78, 5) is 13.2. The molecule has 0 aliphatic carbocycles. The van der Waals surface area contributed by atoms with E-state index >= 15 is 0 Å². The quantitative estimate of drug-likeness (QED) is 0.814. The number of piperidine rings is 1. The molecule has 2 amide bonds. The number of urea groups is 1. The third kappa shape index (κ3) is 5.12. The van der Waals surface area contributed by atoms with E-state index in [1.165, 1.54) is 4.90 Å². The van der Waals surface area contributed by atoms with Crippen LogP contribution in [0.1, 0.15) is 25.7 Å². The fraction of sp³-hybridized carbons (Fsp3) is 0.909. The van der Waals surface area contributed by atoms with E-state index in [1.807, 2.05) is 12.4 Å². The highest BCUT2D eigenvalue weighted by molar-refractivity contribution is 5.74. The summed E-state index contributed by atoms with van der Waals surface area (Å²) < 4.78 is 36.1. The predicted molar refractivity (Wildman–Crippen MR) is 62.3 cm³/mol. The van der Waals surface area contributed by atoms with Crippen LogP contribution in [-0.2, 0) is 0 Å². The Bertz CT molecular complexity index is 271. The fourth-order valence-electron chi connectivity index (χ4n) is 2.16. The maximum absolute atomic E-state index is 12.0. The molecule has 1 heterocycles. The molecule has 1 rings (SSSR count). The number of amides is 2. The van der Waals surface area contributed by atoms with Crippen LogP contribution in [0, 0.1) is 0 Å². The Morgan fingerprint density at radius 3 is 2.72 bits per heavy atom. The molecule has 0 aromatic heterocycles. The predicted octanol–water partition coefficient (Wildman–Crippen LogP) is 1.72. The van der Waals surface area contributed by atoms with Crippen LogP contribution in [-0.4, -0.2) is 49.8 Å². The molecule has 0 bridgehead atoms. The number of carbonyl (C=O) groups excluding carboxylic acids is 1. The zero-order chi connectivity index (χ0) is 13.6. The van der Waals surface area contributed by atoms with Crippen molar-refractivity contribution in [2.24, 2.45) is 0 Å². The lowest BCUT2D eigenvalue weighted by molar-refractivity contribution is -0.123. The van der Waals surface area contributed by atoms with Crippen LogP contribution in [0.4, 0.5) is 18.0 Å². The van der Waals surface area contributed by atoms with Gasteiger partial charge >= 0.3 is 12.2 Å². The van der Waals surface area contributed by atoms with Crippen molar-refractivity contribution >= 4 is 6.03 Å². The number of alkyl halides is 3. The van der Waals surface area contributed by atoms with Crippen LogP contribution in [0.5, 0.6) is 0 Å². The molecule has 7 heteroatoms. The molecule has 1 aliphatic heterocycles. The van der Waals surface area contributed by atoms with Crippen LogP contribution in [0.3, 0.4) is 0 Å². The summed E-state index contributed by atoms with van der Waals surface area (Å²) in [6.07, 6.45) is -0.837. The second-order valence-electron chi connectivity index (χ2n) is 4.51. The van der Waals surface area contributed by atoms with Gasteiger partial charge in [0.15, 0.2) is 0 Å². The zero-order valence-electron chi connectivity index (χ0n) is 10.5. The molecule has 1 fully saturated rings. The van der Waals surface area contributed by atoms with Gasteiger partial charge in [0.25, 0.3) is 0 Å². The van der Waals surface area contributed by atoms with Crippen molar-refractivity contribution in [3.63, 3.8) is 0 Å². The van der Waals surface area contributed by atoms with Gasteiger partial charge in [0, 0.05) is 12.6 Å². The van der Waals surface area contributed by atoms with Gasteiger partial charge in [0.2, 0.25) is 0 Å². The average molecular weight is 267 g/mol. The molecule has 0 aromatic rings. The lowest BCUT2D eigenvalue weighted by Gasteiger charge is -2.35. The van der Waals surface area contributed by atoms with E-state index in [-0.39, 0.29) is 6.04 Å². The van der Waals surface area contributed by atoms with Crippen LogP contribution in [0.25, 0.3) is 0 Å². The lowest BCUT2D eigenvalue weighted by Crippen LogP contribution is -2.51. The van der Waals surface area contributed by atoms with Crippen molar-refractivity contribution in [3.8, 4) is 0 Å². The van der Waals surface area contributed by atoms with Crippen LogP contribution >= 0.6 is 0 Å². The lowest BCUT2D eigenvalue weighted by atomic mass is 10.00. The van der Waals surface area contributed by atoms with E-state index in [2.05, 4.69) is 5.32 Å². The Kier molecular flexibility index (Phi) is 5.71. The zero-order valence-corrected chi connectivity index (χ0v) is 10.5. The Balaban J connectivity index is 2.46. The Morgan fingerprint density at radius 2 is 2.11 bits per heavy atom. The highest BCUT2D eigenvalue weighted by Gasteiger charge is 2.31. The number of hydrogen-bond donors (Lipinski definition) is 2. The molecule has 2 N–H and O–H groups in total. The first kappa shape index (κ1) is 15.1. The highest BCUT2D eigenvalue weighted by atomic mass is 19.4. The Labute approximate surface area is 105 Å². The molecule has 1 aliphatic rings. The number of hydrogen-bond acceptors (Lipinski definition) is 2. The van der Waals surface area contributed by atoms with Gasteiger partial charge in [-0.25, -0.2) is 4.79 Å². The standard InChI is InChI=1S/C11H20F3N3O/c1-15-6-5-9-4-2-3-7-17(9)10(18)16-8-11(12,13)14/h9,15H,2-8H2,1H3,(H,16,18). The van der Waals surface area contributed by atoms with E-state index < -0.39 is 18.8 Å². The number of nitrogens with one attached hydrogen (secondary N) is 2. The summed E-state index contributed by atoms with van der Waals surface area (Å²) in [6, 6.07) is -0.562. The Hall–Kier alpha value is -0.980. The minimum Gasteiger partial charge on any atom is -0.329 e. The minimum atomic E-state index is -4.36. The second-order valence-corrected chi connectivity index (χ2v) is 4.51. The third-order valence-corrected chi connectivity index (χ3v) is 3.06. The summed E-state index contributed by atoms with van der Waals surface area (Å²) in [5, 5.41) is 4.93. The fourth-order valence-corrected chi connectivity index (χ4v) is 2.16. The van der Waals surface area contributed by atoms with Crippen molar-refractivity contribution in [3.05, 3.63) is 0 Å². The smallest absolute Gasteiger partial charge is 0.329 e. The molecule has 0 spiro atoms. The summed E-state index contributed by atoms with van der Waals surface area (Å²) in [5.41, 5.74) is 0. The molecule has 0 aromatic carbocycles. The molecular formula is C11H20F3N3O. The summed E-state index contributed by atoms with van der Waals surface area (Å²) in [6.45, 7) is 0.0346. The topological polar surface area (TPSA) is 44.4 Å². The van der Waals surface area contributed by atoms with Gasteiger partial charge in [0.05, 0.1) is 0 Å². The molecular weight excluding hydrogens is 247 g/mol. The van der Waals surface area contributed by atoms with E-state index in [1.54, 1.807) is 0 Å². The van der Waals surface area contributed by atoms with Gasteiger partial charge in [-0.3, -0.25) is 0 Å². The average Bonchev–Trinajstić information content (AvgIpc) is 2.33.